The summed E-state index contributed by atoms with van der Waals surface area (Å²) < 4.78 is 0. The van der Waals surface area contributed by atoms with Gasteiger partial charge in [-0.15, -0.1) is 11.3 Å². The molecule has 1 aliphatic rings. The van der Waals surface area contributed by atoms with Crippen molar-refractivity contribution in [3.8, 4) is 0 Å². The molecular weight excluding hydrogens is 198 g/mol. The lowest BCUT2D eigenvalue weighted by Crippen LogP contribution is -2.36. The van der Waals surface area contributed by atoms with Gasteiger partial charge in [0.1, 0.15) is 0 Å². The maximum atomic E-state index is 11.2. The normalized spacial score (nSPS) is 15.2. The Bertz CT molecular complexity index is 333. The molecule has 0 bridgehead atoms. The summed E-state index contributed by atoms with van der Waals surface area (Å²) in [5, 5.41) is 8.63. The monoisotopic (exact) mass is 211 g/mol. The molecule has 0 aliphatic heterocycles. The average Bonchev–Trinajstić information content (AvgIpc) is 2.85. The van der Waals surface area contributed by atoms with Crippen molar-refractivity contribution in [1.82, 2.24) is 15.6 Å². The van der Waals surface area contributed by atoms with Gasteiger partial charge < -0.3 is 10.6 Å². The lowest BCUT2D eigenvalue weighted by Gasteiger charge is -2.03. The molecular formula is C9H13N3OS. The highest BCUT2D eigenvalue weighted by atomic mass is 32.1. The van der Waals surface area contributed by atoms with Crippen molar-refractivity contribution < 1.29 is 4.79 Å². The predicted octanol–water partition coefficient (Wildman–Crippen LogP) is 1.41. The molecule has 14 heavy (non-hydrogen) atoms. The van der Waals surface area contributed by atoms with Crippen LogP contribution in [0.15, 0.2) is 5.38 Å². The Kier molecular flexibility index (Phi) is 2.67. The smallest absolute Gasteiger partial charge is 0.315 e. The third kappa shape index (κ3) is 2.70. The van der Waals surface area contributed by atoms with Gasteiger partial charge in [0, 0.05) is 11.4 Å². The highest BCUT2D eigenvalue weighted by Gasteiger charge is 2.22. The second-order valence-corrected chi connectivity index (χ2v) is 4.52. The summed E-state index contributed by atoms with van der Waals surface area (Å²) in [6, 6.07) is 0.324. The van der Waals surface area contributed by atoms with Gasteiger partial charge in [0.05, 0.1) is 17.2 Å². The number of hydrogen-bond donors (Lipinski definition) is 2. The van der Waals surface area contributed by atoms with E-state index in [1.165, 1.54) is 0 Å². The third-order valence-corrected chi connectivity index (χ3v) is 2.83. The van der Waals surface area contributed by atoms with Crippen LogP contribution in [0.5, 0.6) is 0 Å². The minimum absolute atomic E-state index is 0.0850. The van der Waals surface area contributed by atoms with Gasteiger partial charge in [-0.05, 0) is 19.8 Å². The molecule has 2 rings (SSSR count). The first kappa shape index (κ1) is 9.45. The number of nitrogens with one attached hydrogen (secondary N) is 2. The number of amides is 2. The third-order valence-electron chi connectivity index (χ3n) is 2.01. The first-order chi connectivity index (χ1) is 6.74. The number of thiazole rings is 1. The molecule has 1 saturated carbocycles. The summed E-state index contributed by atoms with van der Waals surface area (Å²) in [6.07, 6.45) is 2.23. The van der Waals surface area contributed by atoms with E-state index in [9.17, 15) is 4.79 Å². The fraction of sp³-hybridized carbons (Fsp3) is 0.556. The molecule has 0 radical (unpaired) electrons. The Morgan fingerprint density at radius 2 is 2.50 bits per heavy atom. The summed E-state index contributed by atoms with van der Waals surface area (Å²) in [4.78, 5) is 15.5. The van der Waals surface area contributed by atoms with Crippen LogP contribution in [-0.2, 0) is 6.54 Å². The Balaban J connectivity index is 1.73. The Labute approximate surface area is 86.7 Å². The van der Waals surface area contributed by atoms with Crippen molar-refractivity contribution in [2.45, 2.75) is 32.4 Å². The van der Waals surface area contributed by atoms with Crippen LogP contribution in [0.2, 0.25) is 0 Å². The van der Waals surface area contributed by atoms with Gasteiger partial charge >= 0.3 is 6.03 Å². The fourth-order valence-electron chi connectivity index (χ4n) is 1.12. The Hall–Kier alpha value is -1.10. The number of hydrogen-bond acceptors (Lipinski definition) is 3. The van der Waals surface area contributed by atoms with E-state index in [1.807, 2.05) is 12.3 Å². The van der Waals surface area contributed by atoms with Gasteiger partial charge in [-0.2, -0.15) is 0 Å². The van der Waals surface area contributed by atoms with E-state index in [4.69, 9.17) is 0 Å². The van der Waals surface area contributed by atoms with Crippen LogP contribution in [0.4, 0.5) is 4.79 Å². The zero-order valence-corrected chi connectivity index (χ0v) is 8.86. The van der Waals surface area contributed by atoms with Crippen LogP contribution in [-0.4, -0.2) is 17.1 Å². The van der Waals surface area contributed by atoms with Crippen LogP contribution in [0, 0.1) is 6.92 Å². The van der Waals surface area contributed by atoms with Crippen molar-refractivity contribution in [3.63, 3.8) is 0 Å². The van der Waals surface area contributed by atoms with Gasteiger partial charge in [-0.25, -0.2) is 9.78 Å². The van der Waals surface area contributed by atoms with E-state index in [2.05, 4.69) is 15.6 Å². The molecule has 0 saturated heterocycles. The predicted molar refractivity (Wildman–Crippen MR) is 55.2 cm³/mol. The molecule has 1 aromatic rings. The summed E-state index contributed by atoms with van der Waals surface area (Å²) in [6.45, 7) is 2.47. The van der Waals surface area contributed by atoms with Gasteiger partial charge in [0.15, 0.2) is 0 Å². The van der Waals surface area contributed by atoms with Crippen molar-refractivity contribution >= 4 is 17.4 Å². The number of aromatic nitrogens is 1. The molecule has 1 aromatic heterocycles. The summed E-state index contributed by atoms with van der Waals surface area (Å²) in [5.74, 6) is 0. The molecule has 4 nitrogen and oxygen atoms in total. The number of carbonyl (C=O) groups is 1. The Morgan fingerprint density at radius 3 is 3.07 bits per heavy atom. The average molecular weight is 211 g/mol. The largest absolute Gasteiger partial charge is 0.335 e. The van der Waals surface area contributed by atoms with Gasteiger partial charge in [-0.1, -0.05) is 0 Å². The van der Waals surface area contributed by atoms with Crippen molar-refractivity contribution in [1.29, 1.82) is 0 Å². The highest BCUT2D eigenvalue weighted by molar-refractivity contribution is 7.09. The second-order valence-electron chi connectivity index (χ2n) is 3.46. The first-order valence-electron chi connectivity index (χ1n) is 4.69. The van der Waals surface area contributed by atoms with Crippen molar-refractivity contribution in [3.05, 3.63) is 16.1 Å². The van der Waals surface area contributed by atoms with Gasteiger partial charge in [0.25, 0.3) is 0 Å². The van der Waals surface area contributed by atoms with E-state index in [1.54, 1.807) is 11.3 Å². The zero-order chi connectivity index (χ0) is 9.97. The lowest BCUT2D eigenvalue weighted by molar-refractivity contribution is 0.240. The molecule has 1 aliphatic carbocycles. The maximum absolute atomic E-state index is 11.2. The van der Waals surface area contributed by atoms with Crippen molar-refractivity contribution in [2.24, 2.45) is 0 Å². The second kappa shape index (κ2) is 3.96. The molecule has 76 valence electrons. The zero-order valence-electron chi connectivity index (χ0n) is 8.04. The van der Waals surface area contributed by atoms with Crippen LogP contribution >= 0.6 is 11.3 Å². The molecule has 1 heterocycles. The van der Waals surface area contributed by atoms with Crippen LogP contribution in [0.1, 0.15) is 23.5 Å². The minimum atomic E-state index is -0.0850. The molecule has 0 atom stereocenters. The van der Waals surface area contributed by atoms with E-state index >= 15 is 0 Å². The SMILES string of the molecule is Cc1nc(CNC(=O)NC2CC2)cs1. The van der Waals surface area contributed by atoms with Crippen LogP contribution < -0.4 is 10.6 Å². The number of nitrogens with zero attached hydrogens (tertiary/aromatic N) is 1. The molecule has 5 heteroatoms. The highest BCUT2D eigenvalue weighted by Crippen LogP contribution is 2.18. The first-order valence-corrected chi connectivity index (χ1v) is 5.57. The molecule has 2 amide bonds. The molecule has 0 spiro atoms. The van der Waals surface area contributed by atoms with E-state index in [0.717, 1.165) is 23.5 Å². The number of aryl methyl sites for hydroxylation is 1. The molecule has 0 unspecified atom stereocenters. The quantitative estimate of drug-likeness (QED) is 0.794. The fourth-order valence-corrected chi connectivity index (χ4v) is 1.74. The summed E-state index contributed by atoms with van der Waals surface area (Å²) in [7, 11) is 0. The molecule has 1 fully saturated rings. The maximum Gasteiger partial charge on any atom is 0.315 e. The summed E-state index contributed by atoms with van der Waals surface area (Å²) >= 11 is 1.60. The van der Waals surface area contributed by atoms with Gasteiger partial charge in [0.2, 0.25) is 0 Å². The summed E-state index contributed by atoms with van der Waals surface area (Å²) in [5.41, 5.74) is 0.929. The topological polar surface area (TPSA) is 54.0 Å². The van der Waals surface area contributed by atoms with Gasteiger partial charge in [-0.3, -0.25) is 0 Å². The number of carbonyl (C=O) groups excluding carboxylic acids is 1. The van der Waals surface area contributed by atoms with Crippen LogP contribution in [0.25, 0.3) is 0 Å². The number of urea groups is 1. The minimum Gasteiger partial charge on any atom is -0.335 e. The van der Waals surface area contributed by atoms with E-state index < -0.39 is 0 Å². The van der Waals surface area contributed by atoms with Crippen molar-refractivity contribution in [2.75, 3.05) is 0 Å². The Morgan fingerprint density at radius 1 is 1.71 bits per heavy atom. The molecule has 0 aromatic carbocycles. The van der Waals surface area contributed by atoms with E-state index in [0.29, 0.717) is 12.6 Å². The van der Waals surface area contributed by atoms with Crippen LogP contribution in [0.3, 0.4) is 0 Å². The standard InChI is InChI=1S/C9H13N3OS/c1-6-11-8(5-14-6)4-10-9(13)12-7-2-3-7/h5,7H,2-4H2,1H3,(H2,10,12,13). The van der Waals surface area contributed by atoms with E-state index in [-0.39, 0.29) is 6.03 Å². The lowest BCUT2D eigenvalue weighted by atomic mass is 10.5. The molecule has 2 N–H and O–H groups in total. The number of rotatable bonds is 3.